The molecule has 2 atom stereocenters. The quantitative estimate of drug-likeness (QED) is 0.0562. The molecule has 218 valence electrons. The van der Waals surface area contributed by atoms with Gasteiger partial charge in [-0.2, -0.15) is 0 Å². The molecule has 3 aliphatic carbocycles. The van der Waals surface area contributed by atoms with Gasteiger partial charge >= 0.3 is 13.6 Å². The van der Waals surface area contributed by atoms with E-state index in [1.165, 1.54) is 13.0 Å². The first-order valence-electron chi connectivity index (χ1n) is 14.0. The van der Waals surface area contributed by atoms with E-state index in [1.807, 2.05) is 13.8 Å². The average Bonchev–Trinajstić information content (AvgIpc) is 3.65. The number of nitrogens with zero attached hydrogens (tertiary/aromatic N) is 2. The Morgan fingerprint density at radius 3 is 2.33 bits per heavy atom. The predicted octanol–water partition coefficient (Wildman–Crippen LogP) is 6.73. The number of oxime groups is 1. The Kier molecular flexibility index (Phi) is 7.12. The summed E-state index contributed by atoms with van der Waals surface area (Å²) in [5.74, 6) is -0.308. The molecule has 0 N–H and O–H groups in total. The van der Waals surface area contributed by atoms with Gasteiger partial charge in [0, 0.05) is 36.5 Å². The number of carbonyl (C=O) groups excluding carboxylic acids is 2. The van der Waals surface area contributed by atoms with Gasteiger partial charge in [-0.15, -0.1) is 0 Å². The maximum absolute atomic E-state index is 13.7. The second-order valence-electron chi connectivity index (χ2n) is 11.8. The normalized spacial score (nSPS) is 27.2. The zero-order valence-corrected chi connectivity index (χ0v) is 24.5. The van der Waals surface area contributed by atoms with Crippen LogP contribution in [0, 0.1) is 27.4 Å². The molecule has 2 aromatic rings. The van der Waals surface area contributed by atoms with Crippen molar-refractivity contribution in [2.24, 2.45) is 22.4 Å². The van der Waals surface area contributed by atoms with Crippen LogP contribution in [0.4, 0.5) is 5.69 Å². The number of hydrogen-bond donors (Lipinski definition) is 0. The average molecular weight is 591 g/mol. The molecule has 10 nitrogen and oxygen atoms in total. The highest BCUT2D eigenvalue weighted by Gasteiger charge is 2.53. The van der Waals surface area contributed by atoms with Crippen LogP contribution >= 0.6 is 7.60 Å². The Hall–Kier alpha value is -3.72. The summed E-state index contributed by atoms with van der Waals surface area (Å²) < 4.78 is 25.2. The minimum absolute atomic E-state index is 0.0164. The third-order valence-electron chi connectivity index (χ3n) is 8.72. The first-order chi connectivity index (χ1) is 20.0. The van der Waals surface area contributed by atoms with Gasteiger partial charge in [0.1, 0.15) is 5.71 Å². The zero-order valence-electron chi connectivity index (χ0n) is 23.6. The van der Waals surface area contributed by atoms with Crippen LogP contribution in [0.1, 0.15) is 61.5 Å². The first kappa shape index (κ1) is 28.4. The highest BCUT2D eigenvalue weighted by atomic mass is 31.2. The molecule has 2 unspecified atom stereocenters. The van der Waals surface area contributed by atoms with Crippen molar-refractivity contribution in [2.75, 3.05) is 19.4 Å². The number of allylic oxidation sites excluding steroid dienone is 3. The summed E-state index contributed by atoms with van der Waals surface area (Å²) >= 11 is 0. The molecule has 11 heteroatoms. The summed E-state index contributed by atoms with van der Waals surface area (Å²) in [6, 6.07) is 9.89. The van der Waals surface area contributed by atoms with Crippen LogP contribution in [-0.4, -0.2) is 41.8 Å². The van der Waals surface area contributed by atoms with Gasteiger partial charge in [0.2, 0.25) is 5.78 Å². The number of nitro groups is 1. The smallest absolute Gasteiger partial charge is 0.318 e. The molecule has 1 saturated carbocycles. The molecule has 2 fully saturated rings. The lowest BCUT2D eigenvalue weighted by Gasteiger charge is -2.41. The van der Waals surface area contributed by atoms with Crippen molar-refractivity contribution in [3.63, 3.8) is 0 Å². The summed E-state index contributed by atoms with van der Waals surface area (Å²) in [5.41, 5.74) is 4.97. The third-order valence-corrected chi connectivity index (χ3v) is 10.5. The second-order valence-corrected chi connectivity index (χ2v) is 13.9. The third kappa shape index (κ3) is 4.97. The van der Waals surface area contributed by atoms with Gasteiger partial charge in [-0.25, -0.2) is 4.79 Å². The van der Waals surface area contributed by atoms with Crippen LogP contribution in [-0.2, 0) is 23.2 Å². The minimum atomic E-state index is -3.50. The molecule has 0 aromatic heterocycles. The van der Waals surface area contributed by atoms with Crippen molar-refractivity contribution in [1.29, 1.82) is 0 Å². The zero-order chi connectivity index (χ0) is 29.8. The molecule has 4 aliphatic rings. The molecular formula is C31H31N2O8P. The highest BCUT2D eigenvalue weighted by molar-refractivity contribution is 7.53. The van der Waals surface area contributed by atoms with Gasteiger partial charge in [0.15, 0.2) is 0 Å². The molecule has 1 heterocycles. The molecule has 2 aromatic carbocycles. The van der Waals surface area contributed by atoms with E-state index in [4.69, 9.17) is 13.9 Å². The first-order valence-corrected chi connectivity index (χ1v) is 15.7. The molecule has 0 amide bonds. The molecule has 42 heavy (non-hydrogen) atoms. The largest absolute Gasteiger partial charge is 0.331 e. The van der Waals surface area contributed by atoms with Gasteiger partial charge in [-0.05, 0) is 78.5 Å². The maximum atomic E-state index is 13.7. The fourth-order valence-corrected chi connectivity index (χ4v) is 8.40. The van der Waals surface area contributed by atoms with E-state index in [0.29, 0.717) is 25.0 Å². The van der Waals surface area contributed by atoms with Gasteiger partial charge in [-0.1, -0.05) is 35.0 Å². The summed E-state index contributed by atoms with van der Waals surface area (Å²) in [7, 11) is -3.50. The summed E-state index contributed by atoms with van der Waals surface area (Å²) in [6.45, 7) is 5.68. The lowest BCUT2D eigenvalue weighted by molar-refractivity contribution is -0.384. The molecule has 1 saturated heterocycles. The van der Waals surface area contributed by atoms with E-state index >= 15 is 0 Å². The number of fused-ring (bicyclic) bond motifs is 6. The van der Waals surface area contributed by atoms with E-state index in [9.17, 15) is 24.3 Å². The fraction of sp³-hybridized carbons (Fsp3) is 0.387. The number of rotatable bonds is 7. The van der Waals surface area contributed by atoms with Gasteiger partial charge in [0.25, 0.3) is 5.69 Å². The minimum Gasteiger partial charge on any atom is -0.318 e. The van der Waals surface area contributed by atoms with Gasteiger partial charge in [0.05, 0.1) is 24.3 Å². The molecule has 1 aliphatic heterocycles. The van der Waals surface area contributed by atoms with Crippen molar-refractivity contribution >= 4 is 36.3 Å². The molecule has 6 rings (SSSR count). The Morgan fingerprint density at radius 1 is 1.05 bits per heavy atom. The Morgan fingerprint density at radius 2 is 1.74 bits per heavy atom. The molecule has 0 radical (unpaired) electrons. The number of Topliss-reactive ketones (excluding diaryl/α,β-unsaturated/α-hetero) is 1. The van der Waals surface area contributed by atoms with E-state index in [0.717, 1.165) is 46.2 Å². The number of benzene rings is 2. The van der Waals surface area contributed by atoms with Gasteiger partial charge < -0.3 is 13.9 Å². The Balaban J connectivity index is 1.24. The standard InChI is InChI=1S/C31H31N2O8P/c1-18(2)29-26-13-21(5-8-24(26)25-9-7-23(33(36)37)14-27(25)29)30(35)28(32-41-19(3)34)10-11-42(38)39-16-31(17-40-42)15-20-4-6-22(31)12-20/h4-9,13-14,20,22H,10-12,15-17H2,1-3H3/b32-28-. The van der Waals surface area contributed by atoms with Crippen LogP contribution in [0.25, 0.3) is 16.7 Å². The Bertz CT molecular complexity index is 1660. The van der Waals surface area contributed by atoms with Crippen LogP contribution in [0.5, 0.6) is 0 Å². The highest BCUT2D eigenvalue weighted by Crippen LogP contribution is 2.61. The fourth-order valence-electron chi connectivity index (χ4n) is 6.68. The number of carbonyl (C=O) groups is 2. The number of nitro benzene ring substituents is 1. The van der Waals surface area contributed by atoms with Crippen molar-refractivity contribution < 1.29 is 33.0 Å². The van der Waals surface area contributed by atoms with E-state index < -0.39 is 24.3 Å². The van der Waals surface area contributed by atoms with Crippen LogP contribution in [0.2, 0.25) is 0 Å². The SMILES string of the molecule is CC(=O)O/N=C(/CCP1(=O)OCC2(CO1)CC1C=CC2C1)C(=O)c1ccc2c(c1)C(=C(C)C)c1cc([N+](=O)[O-])ccc1-2. The Labute approximate surface area is 243 Å². The molecule has 1 spiro atoms. The van der Waals surface area contributed by atoms with Crippen LogP contribution in [0.15, 0.2) is 59.3 Å². The van der Waals surface area contributed by atoms with Crippen molar-refractivity contribution in [2.45, 2.75) is 40.0 Å². The monoisotopic (exact) mass is 590 g/mol. The van der Waals surface area contributed by atoms with Crippen molar-refractivity contribution in [1.82, 2.24) is 0 Å². The van der Waals surface area contributed by atoms with E-state index in [2.05, 4.69) is 17.3 Å². The number of ketones is 1. The van der Waals surface area contributed by atoms with Gasteiger partial charge in [-0.3, -0.25) is 19.5 Å². The van der Waals surface area contributed by atoms with Crippen LogP contribution < -0.4 is 0 Å². The lowest BCUT2D eigenvalue weighted by Crippen LogP contribution is -2.39. The topological polar surface area (TPSA) is 134 Å². The molecular weight excluding hydrogens is 559 g/mol. The maximum Gasteiger partial charge on any atom is 0.331 e. The molecule has 2 bridgehead atoms. The summed E-state index contributed by atoms with van der Waals surface area (Å²) in [5, 5.41) is 15.3. The van der Waals surface area contributed by atoms with Crippen LogP contribution in [0.3, 0.4) is 0 Å². The van der Waals surface area contributed by atoms with E-state index in [1.54, 1.807) is 30.3 Å². The van der Waals surface area contributed by atoms with E-state index in [-0.39, 0.29) is 35.0 Å². The second kappa shape index (κ2) is 10.5. The van der Waals surface area contributed by atoms with Crippen molar-refractivity contribution in [3.8, 4) is 11.1 Å². The lowest BCUT2D eigenvalue weighted by atomic mass is 9.77. The summed E-state index contributed by atoms with van der Waals surface area (Å²) in [4.78, 5) is 41.1. The van der Waals surface area contributed by atoms with Crippen molar-refractivity contribution in [3.05, 3.63) is 80.9 Å². The number of hydrogen-bond acceptors (Lipinski definition) is 9. The number of non-ortho nitro benzene ring substituents is 1. The predicted molar refractivity (Wildman–Crippen MR) is 156 cm³/mol. The summed E-state index contributed by atoms with van der Waals surface area (Å²) in [6.07, 6.45) is 6.29.